The average molecular weight is 325 g/mol. The molecule has 0 fully saturated rings. The molecule has 6 heteroatoms. The van der Waals surface area contributed by atoms with Crippen molar-refractivity contribution in [1.29, 1.82) is 0 Å². The van der Waals surface area contributed by atoms with Gasteiger partial charge in [-0.3, -0.25) is 4.79 Å². The number of ether oxygens (including phenoxy) is 1. The van der Waals surface area contributed by atoms with Gasteiger partial charge in [0.2, 0.25) is 5.91 Å². The number of hydrogen-bond acceptors (Lipinski definition) is 4. The van der Waals surface area contributed by atoms with Gasteiger partial charge in [0.15, 0.2) is 0 Å². The van der Waals surface area contributed by atoms with Crippen LogP contribution in [0.2, 0.25) is 0 Å². The van der Waals surface area contributed by atoms with Gasteiger partial charge < -0.3 is 19.7 Å². The van der Waals surface area contributed by atoms with E-state index in [0.717, 1.165) is 11.0 Å². The summed E-state index contributed by atoms with van der Waals surface area (Å²) in [5.74, 6) is 0.519. The lowest BCUT2D eigenvalue weighted by atomic mass is 10.3. The lowest BCUT2D eigenvalue weighted by Crippen LogP contribution is -2.23. The number of aliphatic hydroxyl groups is 1. The van der Waals surface area contributed by atoms with Crippen molar-refractivity contribution < 1.29 is 14.6 Å². The molecule has 0 saturated carbocycles. The van der Waals surface area contributed by atoms with Crippen LogP contribution in [0, 0.1) is 0 Å². The summed E-state index contributed by atoms with van der Waals surface area (Å²) < 4.78 is 7.50. The topological polar surface area (TPSA) is 76.4 Å². The molecule has 2 N–H and O–H groups in total. The lowest BCUT2D eigenvalue weighted by molar-refractivity contribution is -0.114. The summed E-state index contributed by atoms with van der Waals surface area (Å²) in [6, 6.07) is 14.8. The molecule has 0 spiro atoms. The molecule has 0 aliphatic carbocycles. The lowest BCUT2D eigenvalue weighted by Gasteiger charge is -2.14. The molecule has 1 heterocycles. The van der Waals surface area contributed by atoms with E-state index in [1.54, 1.807) is 30.6 Å². The number of aliphatic hydroxyl groups excluding tert-OH is 1. The second-order valence-corrected chi connectivity index (χ2v) is 5.56. The van der Waals surface area contributed by atoms with Crippen LogP contribution >= 0.6 is 0 Å². The number of nitrogens with zero attached hydrogens (tertiary/aromatic N) is 2. The van der Waals surface area contributed by atoms with Gasteiger partial charge in [-0.25, -0.2) is 4.98 Å². The first kappa shape index (κ1) is 16.0. The number of carbonyl (C=O) groups is 1. The fourth-order valence-electron chi connectivity index (χ4n) is 2.47. The van der Waals surface area contributed by atoms with Crippen molar-refractivity contribution in [2.45, 2.75) is 19.6 Å². The van der Waals surface area contributed by atoms with E-state index in [4.69, 9.17) is 4.74 Å². The number of carbonyl (C=O) groups excluding carboxylic acids is 1. The van der Waals surface area contributed by atoms with Gasteiger partial charge in [-0.15, -0.1) is 0 Å². The van der Waals surface area contributed by atoms with Crippen molar-refractivity contribution in [3.05, 3.63) is 54.9 Å². The van der Waals surface area contributed by atoms with E-state index < -0.39 is 6.10 Å². The number of benzene rings is 2. The number of rotatable bonds is 6. The third-order valence-electron chi connectivity index (χ3n) is 3.55. The molecular formula is C18H19N3O3. The van der Waals surface area contributed by atoms with Crippen molar-refractivity contribution >= 4 is 22.6 Å². The zero-order chi connectivity index (χ0) is 16.9. The molecule has 0 bridgehead atoms. The highest BCUT2D eigenvalue weighted by molar-refractivity contribution is 5.88. The fourth-order valence-corrected chi connectivity index (χ4v) is 2.47. The molecule has 6 nitrogen and oxygen atoms in total. The number of nitrogens with one attached hydrogen (secondary N) is 1. The van der Waals surface area contributed by atoms with Crippen LogP contribution in [-0.4, -0.2) is 33.3 Å². The highest BCUT2D eigenvalue weighted by Gasteiger charge is 2.09. The average Bonchev–Trinajstić information content (AvgIpc) is 2.97. The monoisotopic (exact) mass is 325 g/mol. The number of hydrogen-bond donors (Lipinski definition) is 2. The molecule has 0 saturated heterocycles. The Labute approximate surface area is 139 Å². The van der Waals surface area contributed by atoms with Gasteiger partial charge in [-0.2, -0.15) is 0 Å². The Hall–Kier alpha value is -2.86. The molecule has 1 aromatic heterocycles. The zero-order valence-corrected chi connectivity index (χ0v) is 13.3. The third-order valence-corrected chi connectivity index (χ3v) is 3.55. The Morgan fingerprint density at radius 3 is 2.75 bits per heavy atom. The second kappa shape index (κ2) is 7.14. The van der Waals surface area contributed by atoms with Crippen molar-refractivity contribution in [3.63, 3.8) is 0 Å². The van der Waals surface area contributed by atoms with Crippen LogP contribution in [0.5, 0.6) is 5.75 Å². The Morgan fingerprint density at radius 1 is 1.25 bits per heavy atom. The zero-order valence-electron chi connectivity index (χ0n) is 13.3. The molecule has 3 aromatic rings. The Kier molecular flexibility index (Phi) is 4.77. The normalized spacial score (nSPS) is 12.1. The first-order valence-electron chi connectivity index (χ1n) is 7.70. The van der Waals surface area contributed by atoms with Crippen LogP contribution < -0.4 is 10.1 Å². The quantitative estimate of drug-likeness (QED) is 0.730. The molecule has 24 heavy (non-hydrogen) atoms. The molecule has 0 aliphatic rings. The van der Waals surface area contributed by atoms with E-state index in [1.807, 2.05) is 28.8 Å². The predicted octanol–water partition coefficient (Wildman–Crippen LogP) is 2.43. The van der Waals surface area contributed by atoms with Crippen molar-refractivity contribution in [2.24, 2.45) is 0 Å². The molecular weight excluding hydrogens is 306 g/mol. The molecule has 1 atom stereocenters. The van der Waals surface area contributed by atoms with E-state index in [0.29, 0.717) is 18.0 Å². The number of anilines is 1. The summed E-state index contributed by atoms with van der Waals surface area (Å²) in [6.45, 7) is 2.04. The smallest absolute Gasteiger partial charge is 0.221 e. The largest absolute Gasteiger partial charge is 0.491 e. The fraction of sp³-hybridized carbons (Fsp3) is 0.222. The van der Waals surface area contributed by atoms with Crippen molar-refractivity contribution in [2.75, 3.05) is 11.9 Å². The molecule has 0 unspecified atom stereocenters. The van der Waals surface area contributed by atoms with Crippen LogP contribution in [0.15, 0.2) is 54.9 Å². The molecule has 124 valence electrons. The van der Waals surface area contributed by atoms with Crippen LogP contribution in [0.1, 0.15) is 6.92 Å². The predicted molar refractivity (Wildman–Crippen MR) is 92.0 cm³/mol. The van der Waals surface area contributed by atoms with E-state index in [1.165, 1.54) is 6.92 Å². The summed E-state index contributed by atoms with van der Waals surface area (Å²) in [6.07, 6.45) is 1.06. The van der Waals surface area contributed by atoms with Gasteiger partial charge in [0.05, 0.1) is 23.9 Å². The van der Waals surface area contributed by atoms with Crippen LogP contribution in [0.25, 0.3) is 11.0 Å². The van der Waals surface area contributed by atoms with E-state index in [2.05, 4.69) is 10.3 Å². The summed E-state index contributed by atoms with van der Waals surface area (Å²) in [5, 5.41) is 12.9. The maximum absolute atomic E-state index is 11.0. The van der Waals surface area contributed by atoms with E-state index >= 15 is 0 Å². The van der Waals surface area contributed by atoms with Crippen LogP contribution in [-0.2, 0) is 11.3 Å². The first-order chi connectivity index (χ1) is 11.6. The van der Waals surface area contributed by atoms with Gasteiger partial charge in [0.25, 0.3) is 0 Å². The van der Waals surface area contributed by atoms with Gasteiger partial charge >= 0.3 is 0 Å². The minimum atomic E-state index is -0.655. The highest BCUT2D eigenvalue weighted by atomic mass is 16.5. The van der Waals surface area contributed by atoms with Crippen LogP contribution in [0.3, 0.4) is 0 Å². The third kappa shape index (κ3) is 3.91. The summed E-state index contributed by atoms with van der Waals surface area (Å²) in [4.78, 5) is 15.3. The van der Waals surface area contributed by atoms with E-state index in [-0.39, 0.29) is 12.5 Å². The van der Waals surface area contributed by atoms with Gasteiger partial charge in [-0.05, 0) is 36.4 Å². The minimum absolute atomic E-state index is 0.119. The number of aromatic nitrogens is 2. The van der Waals surface area contributed by atoms with E-state index in [9.17, 15) is 9.90 Å². The number of imidazole rings is 1. The van der Waals surface area contributed by atoms with Gasteiger partial charge in [-0.1, -0.05) is 12.1 Å². The Bertz CT molecular complexity index is 827. The Morgan fingerprint density at radius 2 is 2.00 bits per heavy atom. The maximum Gasteiger partial charge on any atom is 0.221 e. The van der Waals surface area contributed by atoms with Gasteiger partial charge in [0, 0.05) is 12.6 Å². The molecule has 0 radical (unpaired) electrons. The van der Waals surface area contributed by atoms with Crippen molar-refractivity contribution in [1.82, 2.24) is 9.55 Å². The number of fused-ring (bicyclic) bond motifs is 1. The number of para-hydroxylation sites is 2. The molecule has 0 aliphatic heterocycles. The first-order valence-corrected chi connectivity index (χ1v) is 7.70. The van der Waals surface area contributed by atoms with Gasteiger partial charge in [0.1, 0.15) is 18.5 Å². The van der Waals surface area contributed by atoms with Crippen molar-refractivity contribution in [3.8, 4) is 5.75 Å². The minimum Gasteiger partial charge on any atom is -0.491 e. The summed E-state index contributed by atoms with van der Waals surface area (Å²) >= 11 is 0. The Balaban J connectivity index is 1.55. The molecule has 2 aromatic carbocycles. The molecule has 3 rings (SSSR count). The number of amides is 1. The SMILES string of the molecule is CC(=O)Nc1ccc(OC[C@H](O)Cn2cnc3ccccc32)cc1. The highest BCUT2D eigenvalue weighted by Crippen LogP contribution is 2.16. The standard InChI is InChI=1S/C18H19N3O3/c1-13(22)20-14-6-8-16(9-7-14)24-11-15(23)10-21-12-19-17-4-2-3-5-18(17)21/h2-9,12,15,23H,10-11H2,1H3,(H,20,22)/t15-/m1/s1. The maximum atomic E-state index is 11.0. The van der Waals surface area contributed by atoms with Crippen LogP contribution in [0.4, 0.5) is 5.69 Å². The summed E-state index contributed by atoms with van der Waals surface area (Å²) in [5.41, 5.74) is 2.59. The second-order valence-electron chi connectivity index (χ2n) is 5.56. The summed E-state index contributed by atoms with van der Waals surface area (Å²) in [7, 11) is 0. The molecule has 1 amide bonds.